The van der Waals surface area contributed by atoms with Crippen LogP contribution in [0.4, 0.5) is 4.39 Å². The molecule has 4 rings (SSSR count). The number of ether oxygens (including phenoxy) is 4. The maximum absolute atomic E-state index is 14.8. The molecule has 6 heteroatoms. The molecule has 2 aliphatic heterocycles. The second kappa shape index (κ2) is 9.39. The van der Waals surface area contributed by atoms with E-state index in [-0.39, 0.29) is 24.2 Å². The molecule has 1 saturated carbocycles. The van der Waals surface area contributed by atoms with Gasteiger partial charge in [0.2, 0.25) is 5.83 Å². The summed E-state index contributed by atoms with van der Waals surface area (Å²) >= 11 is 0. The molecular weight excluding hydrogens is 399 g/mol. The molecule has 0 amide bonds. The summed E-state index contributed by atoms with van der Waals surface area (Å²) in [4.78, 5) is 12.5. The van der Waals surface area contributed by atoms with Gasteiger partial charge in [-0.15, -0.1) is 0 Å². The zero-order chi connectivity index (χ0) is 22.0. The van der Waals surface area contributed by atoms with Crippen LogP contribution in [0.3, 0.4) is 0 Å². The number of hydrogen-bond donors (Lipinski definition) is 0. The van der Waals surface area contributed by atoms with E-state index < -0.39 is 24.0 Å². The van der Waals surface area contributed by atoms with Gasteiger partial charge in [0.25, 0.3) is 0 Å². The van der Waals surface area contributed by atoms with Crippen LogP contribution >= 0.6 is 0 Å². The van der Waals surface area contributed by atoms with Gasteiger partial charge in [-0.3, -0.25) is 0 Å². The molecule has 0 aromatic heterocycles. The van der Waals surface area contributed by atoms with E-state index in [0.717, 1.165) is 18.4 Å². The Bertz CT molecular complexity index is 790. The van der Waals surface area contributed by atoms with Crippen LogP contribution in [-0.4, -0.2) is 43.6 Å². The van der Waals surface area contributed by atoms with Crippen LogP contribution in [0.5, 0.6) is 0 Å². The summed E-state index contributed by atoms with van der Waals surface area (Å²) < 4.78 is 37.8. The third-order valence-electron chi connectivity index (χ3n) is 6.83. The SMILES string of the molecule is CC(C)(C)C1CCC(=C(F)C(=O)O[C@H]2CO[C@H]3[C@@H]2OC[C@H]3OCc2ccccc2)CC1. The van der Waals surface area contributed by atoms with E-state index in [1.807, 2.05) is 30.3 Å². The number of carbonyl (C=O) groups excluding carboxylic acids is 1. The number of esters is 1. The van der Waals surface area contributed by atoms with Crippen molar-refractivity contribution in [3.63, 3.8) is 0 Å². The Morgan fingerprint density at radius 2 is 1.65 bits per heavy atom. The van der Waals surface area contributed by atoms with E-state index in [4.69, 9.17) is 18.9 Å². The van der Waals surface area contributed by atoms with E-state index in [1.165, 1.54) is 0 Å². The second-order valence-electron chi connectivity index (χ2n) is 9.93. The first-order valence-corrected chi connectivity index (χ1v) is 11.3. The zero-order valence-corrected chi connectivity index (χ0v) is 18.6. The molecule has 1 aromatic carbocycles. The monoisotopic (exact) mass is 432 g/mol. The van der Waals surface area contributed by atoms with Crippen LogP contribution in [0.25, 0.3) is 0 Å². The van der Waals surface area contributed by atoms with Gasteiger partial charge in [-0.25, -0.2) is 4.79 Å². The summed E-state index contributed by atoms with van der Waals surface area (Å²) in [5, 5.41) is 0. The molecule has 0 radical (unpaired) electrons. The Kier molecular flexibility index (Phi) is 6.80. The molecule has 2 saturated heterocycles. The van der Waals surface area contributed by atoms with Crippen LogP contribution in [0.2, 0.25) is 0 Å². The molecule has 3 fully saturated rings. The van der Waals surface area contributed by atoms with Crippen molar-refractivity contribution >= 4 is 5.97 Å². The van der Waals surface area contributed by atoms with Crippen molar-refractivity contribution in [2.24, 2.45) is 11.3 Å². The number of rotatable bonds is 5. The fourth-order valence-electron chi connectivity index (χ4n) is 4.84. The molecule has 5 nitrogen and oxygen atoms in total. The number of carbonyl (C=O) groups is 1. The largest absolute Gasteiger partial charge is 0.452 e. The lowest BCUT2D eigenvalue weighted by molar-refractivity contribution is -0.151. The minimum Gasteiger partial charge on any atom is -0.452 e. The van der Waals surface area contributed by atoms with Crippen molar-refractivity contribution in [2.45, 2.75) is 77.5 Å². The number of hydrogen-bond acceptors (Lipinski definition) is 5. The first-order chi connectivity index (χ1) is 14.8. The molecule has 4 atom stereocenters. The van der Waals surface area contributed by atoms with Crippen LogP contribution in [0.15, 0.2) is 41.7 Å². The van der Waals surface area contributed by atoms with Crippen LogP contribution in [0.1, 0.15) is 52.0 Å². The van der Waals surface area contributed by atoms with E-state index in [0.29, 0.717) is 37.5 Å². The highest BCUT2D eigenvalue weighted by Crippen LogP contribution is 2.41. The maximum Gasteiger partial charge on any atom is 0.367 e. The second-order valence-corrected chi connectivity index (χ2v) is 9.93. The molecule has 1 aromatic rings. The lowest BCUT2D eigenvalue weighted by Gasteiger charge is -2.34. The van der Waals surface area contributed by atoms with Gasteiger partial charge in [0, 0.05) is 0 Å². The van der Waals surface area contributed by atoms with Gasteiger partial charge in [0.15, 0.2) is 6.10 Å². The highest BCUT2D eigenvalue weighted by atomic mass is 19.1. The van der Waals surface area contributed by atoms with Crippen molar-refractivity contribution in [3.8, 4) is 0 Å². The molecule has 3 aliphatic rings. The molecule has 170 valence electrons. The number of fused-ring (bicyclic) bond motifs is 1. The standard InChI is InChI=1S/C25H33FO5/c1-25(2,3)18-11-9-17(10-12-18)21(26)24(27)31-20-15-30-22-19(14-29-23(20)22)28-13-16-7-5-4-6-8-16/h4-8,18-20,22-23H,9-15H2,1-3H3/t18?,19-,20+,22-,23-/m1/s1. The van der Waals surface area contributed by atoms with Crippen molar-refractivity contribution in [2.75, 3.05) is 13.2 Å². The van der Waals surface area contributed by atoms with E-state index in [9.17, 15) is 9.18 Å². The topological polar surface area (TPSA) is 54.0 Å². The third-order valence-corrected chi connectivity index (χ3v) is 6.83. The summed E-state index contributed by atoms with van der Waals surface area (Å²) in [6.07, 6.45) is 1.47. The molecular formula is C25H33FO5. The Labute approximate surface area is 183 Å². The third kappa shape index (κ3) is 5.18. The first kappa shape index (κ1) is 22.4. The molecule has 31 heavy (non-hydrogen) atoms. The number of benzene rings is 1. The molecule has 0 unspecified atom stereocenters. The summed E-state index contributed by atoms with van der Waals surface area (Å²) in [6.45, 7) is 7.67. The van der Waals surface area contributed by atoms with E-state index >= 15 is 0 Å². The highest BCUT2D eigenvalue weighted by Gasteiger charge is 2.50. The molecule has 0 spiro atoms. The minimum absolute atomic E-state index is 0.195. The maximum atomic E-state index is 14.8. The van der Waals surface area contributed by atoms with Gasteiger partial charge in [-0.1, -0.05) is 51.1 Å². The zero-order valence-electron chi connectivity index (χ0n) is 18.6. The van der Waals surface area contributed by atoms with Gasteiger partial charge in [-0.05, 0) is 48.2 Å². The lowest BCUT2D eigenvalue weighted by Crippen LogP contribution is -2.35. The van der Waals surface area contributed by atoms with Crippen LogP contribution in [0, 0.1) is 11.3 Å². The van der Waals surface area contributed by atoms with E-state index in [1.54, 1.807) is 0 Å². The van der Waals surface area contributed by atoms with Gasteiger partial charge >= 0.3 is 5.97 Å². The summed E-state index contributed by atoms with van der Waals surface area (Å²) in [5.41, 5.74) is 1.86. The van der Waals surface area contributed by atoms with Gasteiger partial charge < -0.3 is 18.9 Å². The van der Waals surface area contributed by atoms with Crippen molar-refractivity contribution < 1.29 is 28.1 Å². The summed E-state index contributed by atoms with van der Waals surface area (Å²) in [5.74, 6) is -1.08. The Hall–Kier alpha value is -1.76. The average molecular weight is 433 g/mol. The number of allylic oxidation sites excluding steroid dienone is 1. The van der Waals surface area contributed by atoms with Gasteiger partial charge in [0.1, 0.15) is 18.3 Å². The molecule has 1 aliphatic carbocycles. The predicted molar refractivity (Wildman–Crippen MR) is 114 cm³/mol. The van der Waals surface area contributed by atoms with Crippen molar-refractivity contribution in [1.29, 1.82) is 0 Å². The summed E-state index contributed by atoms with van der Waals surface area (Å²) in [7, 11) is 0. The highest BCUT2D eigenvalue weighted by molar-refractivity contribution is 5.87. The quantitative estimate of drug-likeness (QED) is 0.497. The van der Waals surface area contributed by atoms with Crippen molar-refractivity contribution in [3.05, 3.63) is 47.3 Å². The first-order valence-electron chi connectivity index (χ1n) is 11.3. The predicted octanol–water partition coefficient (Wildman–Crippen LogP) is 4.74. The lowest BCUT2D eigenvalue weighted by atomic mass is 9.71. The molecule has 0 N–H and O–H groups in total. The van der Waals surface area contributed by atoms with Gasteiger partial charge in [-0.2, -0.15) is 4.39 Å². The fraction of sp³-hybridized carbons (Fsp3) is 0.640. The Balaban J connectivity index is 1.29. The van der Waals surface area contributed by atoms with Crippen LogP contribution in [-0.2, 0) is 30.3 Å². The van der Waals surface area contributed by atoms with Crippen LogP contribution < -0.4 is 0 Å². The molecule has 0 bridgehead atoms. The minimum atomic E-state index is -0.893. The normalized spacial score (nSPS) is 30.8. The molecule has 2 heterocycles. The Morgan fingerprint density at radius 3 is 2.29 bits per heavy atom. The van der Waals surface area contributed by atoms with E-state index in [2.05, 4.69) is 20.8 Å². The average Bonchev–Trinajstić information content (AvgIpc) is 3.35. The Morgan fingerprint density at radius 1 is 1.03 bits per heavy atom. The van der Waals surface area contributed by atoms with Gasteiger partial charge in [0.05, 0.1) is 19.8 Å². The summed E-state index contributed by atoms with van der Waals surface area (Å²) in [6, 6.07) is 9.89. The smallest absolute Gasteiger partial charge is 0.367 e. The number of halogens is 1. The fourth-order valence-corrected chi connectivity index (χ4v) is 4.84. The van der Waals surface area contributed by atoms with Crippen molar-refractivity contribution in [1.82, 2.24) is 0 Å².